The second kappa shape index (κ2) is 9.06. The summed E-state index contributed by atoms with van der Waals surface area (Å²) in [5.41, 5.74) is 1.44. The van der Waals surface area contributed by atoms with Crippen LogP contribution in [-0.2, 0) is 4.74 Å². The highest BCUT2D eigenvalue weighted by Gasteiger charge is 2.26. The van der Waals surface area contributed by atoms with Crippen LogP contribution in [0.4, 0.5) is 0 Å². The van der Waals surface area contributed by atoms with Gasteiger partial charge in [0.2, 0.25) is 0 Å². The fourth-order valence-corrected chi connectivity index (χ4v) is 3.33. The molecule has 1 N–H and O–H groups in total. The van der Waals surface area contributed by atoms with Crippen LogP contribution in [0.5, 0.6) is 5.75 Å². The van der Waals surface area contributed by atoms with Crippen molar-refractivity contribution in [1.82, 2.24) is 5.32 Å². The summed E-state index contributed by atoms with van der Waals surface area (Å²) in [6, 6.07) is 8.70. The largest absolute Gasteiger partial charge is 0.494 e. The molecule has 0 saturated heterocycles. The van der Waals surface area contributed by atoms with Gasteiger partial charge in [-0.2, -0.15) is 0 Å². The minimum absolute atomic E-state index is 0.611. The molecule has 1 aromatic rings. The van der Waals surface area contributed by atoms with E-state index in [1.54, 1.807) is 7.11 Å². The highest BCUT2D eigenvalue weighted by molar-refractivity contribution is 5.30. The Bertz CT molecular complexity index is 385. The summed E-state index contributed by atoms with van der Waals surface area (Å²) >= 11 is 0. The van der Waals surface area contributed by atoms with Gasteiger partial charge in [0.25, 0.3) is 0 Å². The lowest BCUT2D eigenvalue weighted by atomic mass is 9.84. The first-order valence-electron chi connectivity index (χ1n) is 8.27. The van der Waals surface area contributed by atoms with Crippen molar-refractivity contribution in [3.63, 3.8) is 0 Å². The Balaban J connectivity index is 1.99. The minimum Gasteiger partial charge on any atom is -0.494 e. The maximum Gasteiger partial charge on any atom is 0.119 e. The van der Waals surface area contributed by atoms with Gasteiger partial charge in [0.15, 0.2) is 0 Å². The topological polar surface area (TPSA) is 30.5 Å². The summed E-state index contributed by atoms with van der Waals surface area (Å²) in [5, 5.41) is 3.55. The first-order valence-corrected chi connectivity index (χ1v) is 8.27. The van der Waals surface area contributed by atoms with E-state index in [0.29, 0.717) is 5.92 Å². The lowest BCUT2D eigenvalue weighted by Crippen LogP contribution is -2.28. The summed E-state index contributed by atoms with van der Waals surface area (Å²) in [5.74, 6) is 2.40. The van der Waals surface area contributed by atoms with Crippen LogP contribution < -0.4 is 10.1 Å². The molecule has 1 saturated carbocycles. The van der Waals surface area contributed by atoms with Gasteiger partial charge >= 0.3 is 0 Å². The normalized spacial score (nSPS) is 17.0. The summed E-state index contributed by atoms with van der Waals surface area (Å²) in [4.78, 5) is 0. The van der Waals surface area contributed by atoms with Crippen LogP contribution in [-0.4, -0.2) is 33.4 Å². The average Bonchev–Trinajstić information content (AvgIpc) is 3.03. The minimum atomic E-state index is 0.611. The first-order chi connectivity index (χ1) is 10.3. The van der Waals surface area contributed by atoms with E-state index in [1.807, 2.05) is 6.92 Å². The van der Waals surface area contributed by atoms with Crippen LogP contribution >= 0.6 is 0 Å². The molecule has 1 aliphatic rings. The van der Waals surface area contributed by atoms with Gasteiger partial charge in [-0.25, -0.2) is 0 Å². The Morgan fingerprint density at radius 3 is 2.52 bits per heavy atom. The third-order valence-electron chi connectivity index (χ3n) is 4.44. The fourth-order valence-electron chi connectivity index (χ4n) is 3.33. The summed E-state index contributed by atoms with van der Waals surface area (Å²) in [6.07, 6.45) is 5.50. The van der Waals surface area contributed by atoms with Crippen molar-refractivity contribution in [2.75, 3.05) is 33.4 Å². The van der Waals surface area contributed by atoms with Crippen LogP contribution in [0.2, 0.25) is 0 Å². The van der Waals surface area contributed by atoms with Gasteiger partial charge in [-0.05, 0) is 49.3 Å². The van der Waals surface area contributed by atoms with Crippen molar-refractivity contribution in [3.8, 4) is 5.75 Å². The predicted molar refractivity (Wildman–Crippen MR) is 87.1 cm³/mol. The number of ether oxygens (including phenoxy) is 2. The van der Waals surface area contributed by atoms with Gasteiger partial charge in [0, 0.05) is 20.2 Å². The van der Waals surface area contributed by atoms with Gasteiger partial charge in [-0.1, -0.05) is 25.0 Å². The zero-order valence-electron chi connectivity index (χ0n) is 13.4. The molecule has 2 rings (SSSR count). The number of hydrogen-bond donors (Lipinski definition) is 1. The maximum absolute atomic E-state index is 5.55. The summed E-state index contributed by atoms with van der Waals surface area (Å²) in [6.45, 7) is 5.50. The van der Waals surface area contributed by atoms with Gasteiger partial charge in [0.1, 0.15) is 5.75 Å². The van der Waals surface area contributed by atoms with E-state index in [2.05, 4.69) is 29.6 Å². The first kappa shape index (κ1) is 16.3. The molecular formula is C18H29NO2. The molecule has 21 heavy (non-hydrogen) atoms. The fraction of sp³-hybridized carbons (Fsp3) is 0.667. The SMILES string of the molecule is CCOc1ccc(C(CNCCOC)C2CCCC2)cc1. The van der Waals surface area contributed by atoms with Crippen LogP contribution in [0, 0.1) is 5.92 Å². The number of nitrogens with one attached hydrogen (secondary N) is 1. The van der Waals surface area contributed by atoms with Crippen molar-refractivity contribution >= 4 is 0 Å². The standard InChI is InChI=1S/C18H29NO2/c1-3-21-17-10-8-16(9-11-17)18(14-19-12-13-20-2)15-6-4-5-7-15/h8-11,15,18-19H,3-7,12-14H2,1-2H3. The molecule has 0 radical (unpaired) electrons. The molecule has 0 heterocycles. The number of methoxy groups -OCH3 is 1. The van der Waals surface area contributed by atoms with Crippen molar-refractivity contribution < 1.29 is 9.47 Å². The predicted octanol–water partition coefficient (Wildman–Crippen LogP) is 3.60. The van der Waals surface area contributed by atoms with E-state index in [9.17, 15) is 0 Å². The Labute approximate surface area is 129 Å². The van der Waals surface area contributed by atoms with Crippen molar-refractivity contribution in [3.05, 3.63) is 29.8 Å². The Morgan fingerprint density at radius 2 is 1.90 bits per heavy atom. The molecular weight excluding hydrogens is 262 g/mol. The molecule has 0 spiro atoms. The van der Waals surface area contributed by atoms with Crippen molar-refractivity contribution in [1.29, 1.82) is 0 Å². The molecule has 1 aliphatic carbocycles. The zero-order valence-corrected chi connectivity index (χ0v) is 13.4. The summed E-state index contributed by atoms with van der Waals surface area (Å²) < 4.78 is 10.7. The molecule has 1 unspecified atom stereocenters. The van der Waals surface area contributed by atoms with Gasteiger partial charge in [0.05, 0.1) is 13.2 Å². The molecule has 118 valence electrons. The molecule has 1 aromatic carbocycles. The van der Waals surface area contributed by atoms with E-state index in [0.717, 1.165) is 38.0 Å². The molecule has 3 heteroatoms. The monoisotopic (exact) mass is 291 g/mol. The molecule has 3 nitrogen and oxygen atoms in total. The lowest BCUT2D eigenvalue weighted by Gasteiger charge is -2.24. The van der Waals surface area contributed by atoms with Crippen molar-refractivity contribution in [2.45, 2.75) is 38.5 Å². The van der Waals surface area contributed by atoms with Gasteiger partial charge in [-0.15, -0.1) is 0 Å². The quantitative estimate of drug-likeness (QED) is 0.705. The second-order valence-electron chi connectivity index (χ2n) is 5.85. The zero-order chi connectivity index (χ0) is 14.9. The van der Waals surface area contributed by atoms with Crippen LogP contribution in [0.1, 0.15) is 44.1 Å². The summed E-state index contributed by atoms with van der Waals surface area (Å²) in [7, 11) is 1.75. The van der Waals surface area contributed by atoms with Crippen LogP contribution in [0.25, 0.3) is 0 Å². The maximum atomic E-state index is 5.55. The van der Waals surface area contributed by atoms with E-state index in [-0.39, 0.29) is 0 Å². The van der Waals surface area contributed by atoms with E-state index < -0.39 is 0 Å². The number of hydrogen-bond acceptors (Lipinski definition) is 3. The second-order valence-corrected chi connectivity index (χ2v) is 5.85. The third-order valence-corrected chi connectivity index (χ3v) is 4.44. The molecule has 1 atom stereocenters. The lowest BCUT2D eigenvalue weighted by molar-refractivity contribution is 0.198. The van der Waals surface area contributed by atoms with E-state index >= 15 is 0 Å². The molecule has 0 aromatic heterocycles. The molecule has 1 fully saturated rings. The highest BCUT2D eigenvalue weighted by Crippen LogP contribution is 2.37. The van der Waals surface area contributed by atoms with E-state index in [4.69, 9.17) is 9.47 Å². The molecule has 0 amide bonds. The third kappa shape index (κ3) is 5.01. The Kier molecular flexibility index (Phi) is 7.04. The number of benzene rings is 1. The smallest absolute Gasteiger partial charge is 0.119 e. The van der Waals surface area contributed by atoms with Gasteiger partial charge in [-0.3, -0.25) is 0 Å². The average molecular weight is 291 g/mol. The Morgan fingerprint density at radius 1 is 1.19 bits per heavy atom. The van der Waals surface area contributed by atoms with Crippen LogP contribution in [0.15, 0.2) is 24.3 Å². The van der Waals surface area contributed by atoms with Crippen molar-refractivity contribution in [2.24, 2.45) is 5.92 Å². The van der Waals surface area contributed by atoms with Crippen LogP contribution in [0.3, 0.4) is 0 Å². The van der Waals surface area contributed by atoms with E-state index in [1.165, 1.54) is 31.2 Å². The molecule has 0 aliphatic heterocycles. The van der Waals surface area contributed by atoms with Gasteiger partial charge < -0.3 is 14.8 Å². The molecule has 0 bridgehead atoms. The number of rotatable bonds is 9. The Hall–Kier alpha value is -1.06. The highest BCUT2D eigenvalue weighted by atomic mass is 16.5.